The van der Waals surface area contributed by atoms with Gasteiger partial charge in [-0.25, -0.2) is 0 Å². The second-order valence-corrected chi connectivity index (χ2v) is 10.2. The van der Waals surface area contributed by atoms with Crippen molar-refractivity contribution in [3.8, 4) is 0 Å². The first-order valence-electron chi connectivity index (χ1n) is 13.1. The zero-order chi connectivity index (χ0) is 24.0. The molecule has 5 rings (SSSR count). The van der Waals surface area contributed by atoms with Crippen LogP contribution in [0.4, 0.5) is 0 Å². The standard InChI is InChI=1S/C31H37N3O/c1-25-16-18-32(19-17-25)24-26-12-14-29(15-13-26)31(35)34-22-20-33(21-23-34)30(27-8-4-2-5-9-27)28-10-6-3-7-11-28/h2-15,25,30H,16-24H2,1H3. The molecule has 3 aromatic carbocycles. The number of likely N-dealkylation sites (tertiary alicyclic amines) is 1. The maximum atomic E-state index is 13.3. The molecular weight excluding hydrogens is 430 g/mol. The second-order valence-electron chi connectivity index (χ2n) is 10.2. The van der Waals surface area contributed by atoms with E-state index < -0.39 is 0 Å². The van der Waals surface area contributed by atoms with Crippen molar-refractivity contribution >= 4 is 5.91 Å². The molecule has 0 radical (unpaired) electrons. The molecule has 182 valence electrons. The van der Waals surface area contributed by atoms with E-state index in [9.17, 15) is 4.79 Å². The first-order chi connectivity index (χ1) is 17.2. The maximum Gasteiger partial charge on any atom is 0.253 e. The quantitative estimate of drug-likeness (QED) is 0.481. The summed E-state index contributed by atoms with van der Waals surface area (Å²) in [7, 11) is 0. The van der Waals surface area contributed by atoms with Gasteiger partial charge in [0.15, 0.2) is 0 Å². The van der Waals surface area contributed by atoms with E-state index in [0.717, 1.165) is 44.2 Å². The van der Waals surface area contributed by atoms with Gasteiger partial charge in [0.1, 0.15) is 0 Å². The highest BCUT2D eigenvalue weighted by Crippen LogP contribution is 2.29. The number of carbonyl (C=O) groups is 1. The number of nitrogens with zero attached hydrogens (tertiary/aromatic N) is 3. The van der Waals surface area contributed by atoms with Gasteiger partial charge in [0, 0.05) is 38.3 Å². The molecule has 0 aromatic heterocycles. The van der Waals surface area contributed by atoms with E-state index in [1.165, 1.54) is 42.6 Å². The molecule has 2 aliphatic rings. The van der Waals surface area contributed by atoms with E-state index in [0.29, 0.717) is 0 Å². The molecule has 0 unspecified atom stereocenters. The third-order valence-corrected chi connectivity index (χ3v) is 7.68. The molecule has 2 aliphatic heterocycles. The van der Waals surface area contributed by atoms with Gasteiger partial charge in [0.25, 0.3) is 5.91 Å². The second kappa shape index (κ2) is 11.2. The van der Waals surface area contributed by atoms with Gasteiger partial charge in [-0.15, -0.1) is 0 Å². The summed E-state index contributed by atoms with van der Waals surface area (Å²) >= 11 is 0. The molecule has 3 aromatic rings. The SMILES string of the molecule is CC1CCN(Cc2ccc(C(=O)N3CCN(C(c4ccccc4)c4ccccc4)CC3)cc2)CC1. The van der Waals surface area contributed by atoms with E-state index in [1.807, 2.05) is 17.0 Å². The summed E-state index contributed by atoms with van der Waals surface area (Å²) in [5, 5.41) is 0. The molecule has 0 bridgehead atoms. The Balaban J connectivity index is 1.20. The Hall–Kier alpha value is -2.95. The Morgan fingerprint density at radius 3 is 1.83 bits per heavy atom. The van der Waals surface area contributed by atoms with Crippen LogP contribution < -0.4 is 0 Å². The Morgan fingerprint density at radius 1 is 0.743 bits per heavy atom. The predicted molar refractivity (Wildman–Crippen MR) is 142 cm³/mol. The molecule has 0 atom stereocenters. The molecule has 0 spiro atoms. The highest BCUT2D eigenvalue weighted by atomic mass is 16.2. The number of amides is 1. The Labute approximate surface area is 210 Å². The van der Waals surface area contributed by atoms with Gasteiger partial charge in [0.2, 0.25) is 0 Å². The lowest BCUT2D eigenvalue weighted by atomic mass is 9.96. The molecule has 4 nitrogen and oxygen atoms in total. The summed E-state index contributed by atoms with van der Waals surface area (Å²) in [6.07, 6.45) is 2.58. The number of benzene rings is 3. The lowest BCUT2D eigenvalue weighted by molar-refractivity contribution is 0.0597. The van der Waals surface area contributed by atoms with Crippen LogP contribution in [0.3, 0.4) is 0 Å². The van der Waals surface area contributed by atoms with Gasteiger partial charge in [-0.05, 0) is 60.7 Å². The fourth-order valence-corrected chi connectivity index (χ4v) is 5.48. The highest BCUT2D eigenvalue weighted by molar-refractivity contribution is 5.94. The fraction of sp³-hybridized carbons (Fsp3) is 0.387. The number of piperidine rings is 1. The van der Waals surface area contributed by atoms with Crippen LogP contribution in [0.5, 0.6) is 0 Å². The Bertz CT molecular complexity index is 1030. The van der Waals surface area contributed by atoms with Crippen LogP contribution in [0.2, 0.25) is 0 Å². The van der Waals surface area contributed by atoms with E-state index in [-0.39, 0.29) is 11.9 Å². The Morgan fingerprint density at radius 2 is 1.29 bits per heavy atom. The summed E-state index contributed by atoms with van der Waals surface area (Å²) in [4.78, 5) is 20.3. The summed E-state index contributed by atoms with van der Waals surface area (Å²) in [6, 6.07) is 30.0. The topological polar surface area (TPSA) is 26.8 Å². The van der Waals surface area contributed by atoms with Crippen molar-refractivity contribution in [3.63, 3.8) is 0 Å². The minimum atomic E-state index is 0.152. The van der Waals surface area contributed by atoms with Crippen molar-refractivity contribution in [3.05, 3.63) is 107 Å². The van der Waals surface area contributed by atoms with Crippen molar-refractivity contribution in [1.29, 1.82) is 0 Å². The summed E-state index contributed by atoms with van der Waals surface area (Å²) in [6.45, 7) is 8.93. The average molecular weight is 468 g/mol. The average Bonchev–Trinajstić information content (AvgIpc) is 2.92. The molecule has 0 N–H and O–H groups in total. The largest absolute Gasteiger partial charge is 0.336 e. The van der Waals surface area contributed by atoms with Gasteiger partial charge < -0.3 is 4.90 Å². The van der Waals surface area contributed by atoms with Crippen LogP contribution >= 0.6 is 0 Å². The van der Waals surface area contributed by atoms with E-state index in [4.69, 9.17) is 0 Å². The summed E-state index contributed by atoms with van der Waals surface area (Å²) in [5.74, 6) is 1.00. The van der Waals surface area contributed by atoms with E-state index in [1.54, 1.807) is 0 Å². The number of hydrogen-bond acceptors (Lipinski definition) is 3. The smallest absolute Gasteiger partial charge is 0.253 e. The monoisotopic (exact) mass is 467 g/mol. The maximum absolute atomic E-state index is 13.3. The van der Waals surface area contributed by atoms with E-state index in [2.05, 4.69) is 89.5 Å². The van der Waals surface area contributed by atoms with Crippen LogP contribution in [0.1, 0.15) is 52.9 Å². The zero-order valence-corrected chi connectivity index (χ0v) is 20.9. The van der Waals surface area contributed by atoms with Gasteiger partial charge in [-0.1, -0.05) is 79.7 Å². The van der Waals surface area contributed by atoms with Crippen molar-refractivity contribution in [2.75, 3.05) is 39.3 Å². The van der Waals surface area contributed by atoms with E-state index >= 15 is 0 Å². The van der Waals surface area contributed by atoms with Crippen molar-refractivity contribution in [2.45, 2.75) is 32.4 Å². The lowest BCUT2D eigenvalue weighted by Gasteiger charge is -2.39. The minimum Gasteiger partial charge on any atom is -0.336 e. The number of rotatable bonds is 6. The number of carbonyl (C=O) groups excluding carboxylic acids is 1. The van der Waals surface area contributed by atoms with Gasteiger partial charge in [-0.3, -0.25) is 14.6 Å². The lowest BCUT2D eigenvalue weighted by Crippen LogP contribution is -2.49. The molecule has 0 saturated carbocycles. The van der Waals surface area contributed by atoms with Crippen LogP contribution in [0, 0.1) is 5.92 Å². The Kier molecular flexibility index (Phi) is 7.60. The molecule has 0 aliphatic carbocycles. The molecule has 4 heteroatoms. The van der Waals surface area contributed by atoms with Crippen LogP contribution in [0.25, 0.3) is 0 Å². The van der Waals surface area contributed by atoms with Crippen LogP contribution in [0.15, 0.2) is 84.9 Å². The predicted octanol–water partition coefficient (Wildman–Crippen LogP) is 5.47. The summed E-state index contributed by atoms with van der Waals surface area (Å²) < 4.78 is 0. The summed E-state index contributed by atoms with van der Waals surface area (Å²) in [5.41, 5.74) is 4.71. The zero-order valence-electron chi connectivity index (χ0n) is 20.9. The first kappa shape index (κ1) is 23.8. The van der Waals surface area contributed by atoms with Crippen LogP contribution in [-0.2, 0) is 6.54 Å². The fourth-order valence-electron chi connectivity index (χ4n) is 5.48. The molecule has 2 saturated heterocycles. The molecule has 35 heavy (non-hydrogen) atoms. The van der Waals surface area contributed by atoms with Crippen molar-refractivity contribution in [2.24, 2.45) is 5.92 Å². The third-order valence-electron chi connectivity index (χ3n) is 7.68. The molecule has 1 amide bonds. The molecular formula is C31H37N3O. The van der Waals surface area contributed by atoms with Gasteiger partial charge in [0.05, 0.1) is 6.04 Å². The molecule has 2 fully saturated rings. The number of hydrogen-bond donors (Lipinski definition) is 0. The van der Waals surface area contributed by atoms with Crippen molar-refractivity contribution in [1.82, 2.24) is 14.7 Å². The normalized spacial score (nSPS) is 18.2. The van der Waals surface area contributed by atoms with Crippen molar-refractivity contribution < 1.29 is 4.79 Å². The third kappa shape index (κ3) is 5.83. The first-order valence-corrected chi connectivity index (χ1v) is 13.1. The molecule has 2 heterocycles. The van der Waals surface area contributed by atoms with Crippen LogP contribution in [-0.4, -0.2) is 59.9 Å². The minimum absolute atomic E-state index is 0.152. The van der Waals surface area contributed by atoms with Gasteiger partial charge in [-0.2, -0.15) is 0 Å². The highest BCUT2D eigenvalue weighted by Gasteiger charge is 2.28. The number of piperazine rings is 1. The van der Waals surface area contributed by atoms with Gasteiger partial charge >= 0.3 is 0 Å².